The van der Waals surface area contributed by atoms with Crippen LogP contribution in [0.2, 0.25) is 0 Å². The fraction of sp³-hybridized carbons (Fsp3) is 0.368. The molecule has 1 aliphatic rings. The molecule has 10 heteroatoms. The van der Waals surface area contributed by atoms with Gasteiger partial charge in [0.05, 0.1) is 11.7 Å². The minimum Gasteiger partial charge on any atom is -0.267 e. The average Bonchev–Trinajstić information content (AvgIpc) is 3.41. The van der Waals surface area contributed by atoms with E-state index < -0.39 is 10.0 Å². The summed E-state index contributed by atoms with van der Waals surface area (Å²) in [5, 5.41) is 13.4. The van der Waals surface area contributed by atoms with Gasteiger partial charge in [-0.2, -0.15) is 0 Å². The summed E-state index contributed by atoms with van der Waals surface area (Å²) in [6.45, 7) is 2.14. The molecular weight excluding hydrogens is 408 g/mol. The monoisotopic (exact) mass is 430 g/mol. The zero-order valence-electron chi connectivity index (χ0n) is 16.0. The number of sulfonamides is 1. The van der Waals surface area contributed by atoms with E-state index in [4.69, 9.17) is 0 Å². The molecule has 0 N–H and O–H groups in total. The molecule has 29 heavy (non-hydrogen) atoms. The van der Waals surface area contributed by atoms with Gasteiger partial charge in [0.15, 0.2) is 0 Å². The lowest BCUT2D eigenvalue weighted by Crippen LogP contribution is -2.30. The van der Waals surface area contributed by atoms with Crippen molar-refractivity contribution in [2.45, 2.75) is 53.7 Å². The van der Waals surface area contributed by atoms with Crippen LogP contribution in [0.25, 0.3) is 0 Å². The van der Waals surface area contributed by atoms with Crippen LogP contribution < -0.4 is 4.31 Å². The van der Waals surface area contributed by atoms with Crippen LogP contribution in [0.15, 0.2) is 63.7 Å². The first-order chi connectivity index (χ1) is 14.1. The van der Waals surface area contributed by atoms with Gasteiger partial charge in [-0.3, -0.25) is 4.31 Å². The molecule has 0 spiro atoms. The molecule has 3 aromatic rings. The summed E-state index contributed by atoms with van der Waals surface area (Å²) in [4.78, 5) is 4.50. The second-order valence-electron chi connectivity index (χ2n) is 6.78. The maximum absolute atomic E-state index is 13.1. The van der Waals surface area contributed by atoms with Crippen LogP contribution in [0.3, 0.4) is 0 Å². The Balaban J connectivity index is 1.54. The number of hydrogen-bond donors (Lipinski definition) is 0. The van der Waals surface area contributed by atoms with Crippen LogP contribution >= 0.6 is 11.8 Å². The van der Waals surface area contributed by atoms with E-state index in [0.717, 1.165) is 12.8 Å². The van der Waals surface area contributed by atoms with Crippen LogP contribution in [0.1, 0.15) is 38.6 Å². The van der Waals surface area contributed by atoms with Gasteiger partial charge in [0.2, 0.25) is 5.16 Å². The van der Waals surface area contributed by atoms with Crippen molar-refractivity contribution in [1.29, 1.82) is 0 Å². The SMILES string of the molecule is CCN(c1ccccc1)S(=O)(=O)c1ccc(Sc2nnnn2C2CCCC2)nc1. The first kappa shape index (κ1) is 19.8. The predicted octanol–water partition coefficient (Wildman–Crippen LogP) is 3.55. The molecule has 2 aromatic heterocycles. The van der Waals surface area contributed by atoms with Crippen molar-refractivity contribution in [2.24, 2.45) is 0 Å². The number of benzene rings is 1. The molecule has 0 radical (unpaired) electrons. The van der Waals surface area contributed by atoms with Gasteiger partial charge < -0.3 is 0 Å². The number of nitrogens with zero attached hydrogens (tertiary/aromatic N) is 6. The Labute approximate surface area is 174 Å². The quantitative estimate of drug-likeness (QED) is 0.566. The molecule has 0 atom stereocenters. The average molecular weight is 431 g/mol. The molecule has 1 saturated carbocycles. The number of para-hydroxylation sites is 1. The summed E-state index contributed by atoms with van der Waals surface area (Å²) >= 11 is 1.34. The van der Waals surface area contributed by atoms with Gasteiger partial charge in [-0.15, -0.1) is 5.10 Å². The summed E-state index contributed by atoms with van der Waals surface area (Å²) < 4.78 is 29.4. The van der Waals surface area contributed by atoms with Crippen LogP contribution in [0, 0.1) is 0 Å². The van der Waals surface area contributed by atoms with E-state index in [1.807, 2.05) is 29.8 Å². The topological polar surface area (TPSA) is 93.9 Å². The van der Waals surface area contributed by atoms with Crippen LogP contribution in [0.5, 0.6) is 0 Å². The molecule has 0 bridgehead atoms. The Morgan fingerprint density at radius 2 is 1.90 bits per heavy atom. The Kier molecular flexibility index (Phi) is 5.81. The van der Waals surface area contributed by atoms with Gasteiger partial charge in [-0.1, -0.05) is 31.0 Å². The van der Waals surface area contributed by atoms with Crippen molar-refractivity contribution in [3.05, 3.63) is 48.7 Å². The lowest BCUT2D eigenvalue weighted by atomic mass is 10.3. The molecular formula is C19H22N6O2S2. The van der Waals surface area contributed by atoms with Crippen LogP contribution in [0.4, 0.5) is 5.69 Å². The zero-order chi connectivity index (χ0) is 20.3. The molecule has 152 valence electrons. The number of anilines is 1. The first-order valence-corrected chi connectivity index (χ1v) is 11.8. The molecule has 0 amide bonds. The van der Waals surface area contributed by atoms with Gasteiger partial charge in [-0.05, 0) is 66.2 Å². The first-order valence-electron chi connectivity index (χ1n) is 9.59. The number of hydrogen-bond acceptors (Lipinski definition) is 7. The highest BCUT2D eigenvalue weighted by Crippen LogP contribution is 2.33. The standard InChI is InChI=1S/C19H22N6O2S2/c1-2-24(15-8-4-3-5-9-15)29(26,27)17-12-13-18(20-14-17)28-19-21-22-23-25(19)16-10-6-7-11-16/h3-5,8-9,12-14,16H,2,6-7,10-11H2,1H3. The lowest BCUT2D eigenvalue weighted by Gasteiger charge is -2.22. The van der Waals surface area contributed by atoms with Crippen molar-refractivity contribution < 1.29 is 8.42 Å². The van der Waals surface area contributed by atoms with E-state index in [9.17, 15) is 8.42 Å². The molecule has 2 heterocycles. The Morgan fingerprint density at radius 1 is 1.14 bits per heavy atom. The maximum Gasteiger partial charge on any atom is 0.265 e. The lowest BCUT2D eigenvalue weighted by molar-refractivity contribution is 0.423. The van der Waals surface area contributed by atoms with Gasteiger partial charge in [0.25, 0.3) is 10.0 Å². The van der Waals surface area contributed by atoms with Gasteiger partial charge in [0.1, 0.15) is 9.92 Å². The van der Waals surface area contributed by atoms with Crippen molar-refractivity contribution in [2.75, 3.05) is 10.8 Å². The number of tetrazole rings is 1. The van der Waals surface area contributed by atoms with E-state index in [2.05, 4.69) is 20.5 Å². The smallest absolute Gasteiger partial charge is 0.265 e. The third kappa shape index (κ3) is 4.13. The van der Waals surface area contributed by atoms with Gasteiger partial charge in [0, 0.05) is 12.7 Å². The zero-order valence-corrected chi connectivity index (χ0v) is 17.7. The molecule has 1 aromatic carbocycles. The highest BCUT2D eigenvalue weighted by Gasteiger charge is 2.25. The van der Waals surface area contributed by atoms with E-state index in [1.54, 1.807) is 24.3 Å². The van der Waals surface area contributed by atoms with Gasteiger partial charge >= 0.3 is 0 Å². The highest BCUT2D eigenvalue weighted by atomic mass is 32.2. The maximum atomic E-state index is 13.1. The van der Waals surface area contributed by atoms with Crippen molar-refractivity contribution in [3.63, 3.8) is 0 Å². The largest absolute Gasteiger partial charge is 0.267 e. The molecule has 1 fully saturated rings. The van der Waals surface area contributed by atoms with Crippen LogP contribution in [-0.4, -0.2) is 40.2 Å². The summed E-state index contributed by atoms with van der Waals surface area (Å²) in [7, 11) is -3.69. The molecule has 1 aliphatic carbocycles. The number of rotatable bonds is 7. The molecule has 0 saturated heterocycles. The van der Waals surface area contributed by atoms with Crippen molar-refractivity contribution >= 4 is 27.5 Å². The van der Waals surface area contributed by atoms with Crippen LogP contribution in [-0.2, 0) is 10.0 Å². The fourth-order valence-electron chi connectivity index (χ4n) is 3.52. The molecule has 0 aliphatic heterocycles. The van der Waals surface area contributed by atoms with E-state index >= 15 is 0 Å². The Hall–Kier alpha value is -2.46. The normalized spacial score (nSPS) is 14.9. The predicted molar refractivity (Wildman–Crippen MR) is 110 cm³/mol. The third-order valence-corrected chi connectivity index (χ3v) is 7.75. The molecule has 4 rings (SSSR count). The summed E-state index contributed by atoms with van der Waals surface area (Å²) in [5.41, 5.74) is 0.629. The second-order valence-corrected chi connectivity index (χ2v) is 9.63. The minimum atomic E-state index is -3.69. The Morgan fingerprint density at radius 3 is 2.55 bits per heavy atom. The fourth-order valence-corrected chi connectivity index (χ4v) is 5.72. The van der Waals surface area contributed by atoms with Crippen molar-refractivity contribution in [3.8, 4) is 0 Å². The third-order valence-electron chi connectivity index (χ3n) is 4.96. The molecule has 0 unspecified atom stereocenters. The highest BCUT2D eigenvalue weighted by molar-refractivity contribution is 7.99. The van der Waals surface area contributed by atoms with E-state index in [1.165, 1.54) is 35.1 Å². The number of pyridine rings is 1. The van der Waals surface area contributed by atoms with E-state index in [0.29, 0.717) is 28.5 Å². The van der Waals surface area contributed by atoms with Gasteiger partial charge in [-0.25, -0.2) is 18.1 Å². The summed E-state index contributed by atoms with van der Waals surface area (Å²) in [6, 6.07) is 12.7. The summed E-state index contributed by atoms with van der Waals surface area (Å²) in [6.07, 6.45) is 5.93. The number of aromatic nitrogens is 5. The second kappa shape index (κ2) is 8.50. The van der Waals surface area contributed by atoms with Crippen molar-refractivity contribution in [1.82, 2.24) is 25.2 Å². The molecule has 8 nitrogen and oxygen atoms in total. The Bertz CT molecular complexity index is 1050. The van der Waals surface area contributed by atoms with E-state index in [-0.39, 0.29) is 4.90 Å². The minimum absolute atomic E-state index is 0.155. The summed E-state index contributed by atoms with van der Waals surface area (Å²) in [5.74, 6) is 0.